The molecule has 20 heavy (non-hydrogen) atoms. The molecule has 3 heteroatoms. The third kappa shape index (κ3) is 1.81. The minimum absolute atomic E-state index is 0.266. The molecule has 100 valence electrons. The van der Waals surface area contributed by atoms with Crippen LogP contribution in [-0.4, -0.2) is 11.2 Å². The minimum Gasteiger partial charge on any atom is -0.352 e. The fourth-order valence-electron chi connectivity index (χ4n) is 3.35. The Kier molecular flexibility index (Phi) is 2.74. The second kappa shape index (κ2) is 4.60. The largest absolute Gasteiger partial charge is 0.352 e. The van der Waals surface area contributed by atoms with Gasteiger partial charge in [0.05, 0.1) is 6.04 Å². The Morgan fingerprint density at radius 1 is 1.15 bits per heavy atom. The molecule has 1 atom stereocenters. The Balaban J connectivity index is 1.83. The van der Waals surface area contributed by atoms with Crippen molar-refractivity contribution in [3.8, 4) is 0 Å². The predicted molar refractivity (Wildman–Crippen MR) is 86.2 cm³/mol. The van der Waals surface area contributed by atoms with E-state index in [-0.39, 0.29) is 6.04 Å². The summed E-state index contributed by atoms with van der Waals surface area (Å²) in [5.74, 6) is 0. The molecular weight excluding hydrogens is 264 g/mol. The van der Waals surface area contributed by atoms with E-state index >= 15 is 0 Å². The van der Waals surface area contributed by atoms with Crippen molar-refractivity contribution in [1.82, 2.24) is 10.6 Å². The molecule has 0 fully saturated rings. The third-order valence-electron chi connectivity index (χ3n) is 4.30. The highest BCUT2D eigenvalue weighted by atomic mass is 32.1. The molecule has 1 aromatic carbocycles. The van der Waals surface area contributed by atoms with Gasteiger partial charge in [-0.15, -0.1) is 0 Å². The first-order chi connectivity index (χ1) is 9.83. The highest BCUT2D eigenvalue weighted by Crippen LogP contribution is 2.36. The normalized spacial score (nSPS) is 23.7. The number of hydrogen-bond acceptors (Lipinski definition) is 1. The summed E-state index contributed by atoms with van der Waals surface area (Å²) in [6.45, 7) is 0. The van der Waals surface area contributed by atoms with Crippen molar-refractivity contribution in [2.45, 2.75) is 25.3 Å². The van der Waals surface area contributed by atoms with Crippen LogP contribution < -0.4 is 10.6 Å². The van der Waals surface area contributed by atoms with Gasteiger partial charge >= 0.3 is 0 Å². The number of hydrogen-bond donors (Lipinski definition) is 2. The lowest BCUT2D eigenvalue weighted by Gasteiger charge is -2.36. The molecule has 2 nitrogen and oxygen atoms in total. The molecule has 2 aliphatic carbocycles. The van der Waals surface area contributed by atoms with Crippen LogP contribution in [0.1, 0.15) is 24.0 Å². The van der Waals surface area contributed by atoms with Crippen LogP contribution in [0, 0.1) is 0 Å². The summed E-state index contributed by atoms with van der Waals surface area (Å²) in [6.07, 6.45) is 9.80. The van der Waals surface area contributed by atoms with Crippen molar-refractivity contribution in [3.05, 3.63) is 64.8 Å². The molecule has 0 bridgehead atoms. The summed E-state index contributed by atoms with van der Waals surface area (Å²) in [5.41, 5.74) is 6.83. The fourth-order valence-corrected chi connectivity index (χ4v) is 3.57. The zero-order chi connectivity index (χ0) is 13.5. The summed E-state index contributed by atoms with van der Waals surface area (Å²) in [7, 11) is 0. The quantitative estimate of drug-likeness (QED) is 0.773. The number of rotatable bonds is 1. The molecule has 0 radical (unpaired) electrons. The topological polar surface area (TPSA) is 24.1 Å². The second-order valence-corrected chi connectivity index (χ2v) is 5.87. The molecule has 0 saturated carbocycles. The molecule has 1 unspecified atom stereocenters. The molecule has 0 amide bonds. The maximum absolute atomic E-state index is 5.41. The molecule has 1 aliphatic heterocycles. The van der Waals surface area contributed by atoms with Crippen LogP contribution in [0.15, 0.2) is 53.6 Å². The Bertz CT molecular complexity index is 682. The molecule has 0 aromatic heterocycles. The van der Waals surface area contributed by atoms with Crippen LogP contribution in [0.25, 0.3) is 5.70 Å². The van der Waals surface area contributed by atoms with Crippen molar-refractivity contribution >= 4 is 23.0 Å². The van der Waals surface area contributed by atoms with Crippen LogP contribution >= 0.6 is 12.2 Å². The van der Waals surface area contributed by atoms with Crippen molar-refractivity contribution in [2.24, 2.45) is 0 Å². The number of nitrogens with one attached hydrogen (secondary N) is 2. The lowest BCUT2D eigenvalue weighted by molar-refractivity contribution is 0.691. The molecule has 1 aromatic rings. The SMILES string of the molecule is S=C1NC2=C(CCc3ccccc32)C(C2=CC=CC2)N1. The van der Waals surface area contributed by atoms with E-state index in [9.17, 15) is 0 Å². The van der Waals surface area contributed by atoms with E-state index in [0.29, 0.717) is 0 Å². The van der Waals surface area contributed by atoms with Gasteiger partial charge < -0.3 is 10.6 Å². The number of fused-ring (bicyclic) bond motifs is 2. The Hall–Kier alpha value is -1.87. The van der Waals surface area contributed by atoms with Gasteiger partial charge in [-0.05, 0) is 48.2 Å². The van der Waals surface area contributed by atoms with E-state index < -0.39 is 0 Å². The maximum atomic E-state index is 5.41. The van der Waals surface area contributed by atoms with Crippen LogP contribution in [0.2, 0.25) is 0 Å². The van der Waals surface area contributed by atoms with E-state index in [1.54, 1.807) is 0 Å². The number of aryl methyl sites for hydroxylation is 1. The van der Waals surface area contributed by atoms with Crippen molar-refractivity contribution < 1.29 is 0 Å². The summed E-state index contributed by atoms with van der Waals surface area (Å²) >= 11 is 5.41. The van der Waals surface area contributed by atoms with Crippen LogP contribution in [0.4, 0.5) is 0 Å². The Morgan fingerprint density at radius 2 is 2.05 bits per heavy atom. The van der Waals surface area contributed by atoms with Gasteiger partial charge in [0, 0.05) is 11.3 Å². The minimum atomic E-state index is 0.266. The molecule has 4 rings (SSSR count). The van der Waals surface area contributed by atoms with Gasteiger partial charge in [0.1, 0.15) is 0 Å². The summed E-state index contributed by atoms with van der Waals surface area (Å²) in [4.78, 5) is 0. The standard InChI is InChI=1S/C17H16N2S/c20-17-18-15(12-6-1-2-7-12)14-10-9-11-5-3-4-8-13(11)16(14)19-17/h1-6,8,15H,7,9-10H2,(H2,18,19,20). The zero-order valence-corrected chi connectivity index (χ0v) is 12.0. The third-order valence-corrected chi connectivity index (χ3v) is 4.52. The lowest BCUT2D eigenvalue weighted by Crippen LogP contribution is -2.49. The molecule has 0 spiro atoms. The van der Waals surface area contributed by atoms with Gasteiger partial charge in [-0.25, -0.2) is 0 Å². The number of thiocarbonyl (C=S) groups is 1. The number of benzene rings is 1. The van der Waals surface area contributed by atoms with Gasteiger partial charge in [-0.2, -0.15) is 0 Å². The first-order valence-corrected chi connectivity index (χ1v) is 7.48. The van der Waals surface area contributed by atoms with Gasteiger partial charge in [-0.1, -0.05) is 42.5 Å². The second-order valence-electron chi connectivity index (χ2n) is 5.46. The molecule has 0 saturated heterocycles. The zero-order valence-electron chi connectivity index (χ0n) is 11.1. The highest BCUT2D eigenvalue weighted by molar-refractivity contribution is 7.80. The van der Waals surface area contributed by atoms with E-state index in [4.69, 9.17) is 12.2 Å². The summed E-state index contributed by atoms with van der Waals surface area (Å²) in [6, 6.07) is 8.90. The average molecular weight is 280 g/mol. The lowest BCUT2D eigenvalue weighted by atomic mass is 9.82. The van der Waals surface area contributed by atoms with Crippen molar-refractivity contribution in [2.75, 3.05) is 0 Å². The first-order valence-electron chi connectivity index (χ1n) is 7.07. The Labute approximate surface area is 124 Å². The van der Waals surface area contributed by atoms with E-state index in [2.05, 4.69) is 53.1 Å². The highest BCUT2D eigenvalue weighted by Gasteiger charge is 2.31. The van der Waals surface area contributed by atoms with Gasteiger partial charge in [-0.3, -0.25) is 0 Å². The predicted octanol–water partition coefficient (Wildman–Crippen LogP) is 3.08. The molecule has 1 heterocycles. The summed E-state index contributed by atoms with van der Waals surface area (Å²) in [5, 5.41) is 7.56. The van der Waals surface area contributed by atoms with Gasteiger partial charge in [0.2, 0.25) is 0 Å². The monoisotopic (exact) mass is 280 g/mol. The Morgan fingerprint density at radius 3 is 2.90 bits per heavy atom. The van der Waals surface area contributed by atoms with Crippen molar-refractivity contribution in [1.29, 1.82) is 0 Å². The summed E-state index contributed by atoms with van der Waals surface area (Å²) < 4.78 is 0. The van der Waals surface area contributed by atoms with E-state index in [1.165, 1.54) is 28.0 Å². The van der Waals surface area contributed by atoms with Crippen LogP contribution in [-0.2, 0) is 6.42 Å². The van der Waals surface area contributed by atoms with Gasteiger partial charge in [0.25, 0.3) is 0 Å². The smallest absolute Gasteiger partial charge is 0.171 e. The van der Waals surface area contributed by atoms with Crippen LogP contribution in [0.5, 0.6) is 0 Å². The van der Waals surface area contributed by atoms with E-state index in [1.807, 2.05) is 0 Å². The fraction of sp³-hybridized carbons (Fsp3) is 0.235. The number of allylic oxidation sites excluding steroid dienone is 3. The van der Waals surface area contributed by atoms with E-state index in [0.717, 1.165) is 24.4 Å². The molecule has 3 aliphatic rings. The molecular formula is C17H16N2S. The van der Waals surface area contributed by atoms with Crippen LogP contribution in [0.3, 0.4) is 0 Å². The molecule has 2 N–H and O–H groups in total. The maximum Gasteiger partial charge on any atom is 0.171 e. The van der Waals surface area contributed by atoms with Crippen molar-refractivity contribution in [3.63, 3.8) is 0 Å². The first kappa shape index (κ1) is 11.9. The average Bonchev–Trinajstić information content (AvgIpc) is 3.00. The van der Waals surface area contributed by atoms with Gasteiger partial charge in [0.15, 0.2) is 5.11 Å².